The fraction of sp³-hybridized carbons (Fsp3) is 0.867. The van der Waals surface area contributed by atoms with Crippen LogP contribution in [-0.4, -0.2) is 46.8 Å². The summed E-state index contributed by atoms with van der Waals surface area (Å²) in [4.78, 5) is 28.7. The third-order valence-corrected chi connectivity index (χ3v) is 5.52. The first-order valence-electron chi connectivity index (χ1n) is 7.69. The number of amides is 2. The van der Waals surface area contributed by atoms with Gasteiger partial charge in [-0.15, -0.1) is 0 Å². The monoisotopic (exact) mass is 264 g/mol. The molecule has 2 aliphatic heterocycles. The number of fused-ring (bicyclic) bond motifs is 1. The first-order valence-corrected chi connectivity index (χ1v) is 7.69. The standard InChI is InChI=1S/C15H24N2O2/c1-10-6-7-12(11(10)2)17-9-14(18)16-8-4-3-5-13(16)15(17)19/h10-13H,3-9H2,1-2H3. The average molecular weight is 264 g/mol. The van der Waals surface area contributed by atoms with Crippen molar-refractivity contribution in [3.63, 3.8) is 0 Å². The molecule has 0 spiro atoms. The highest BCUT2D eigenvalue weighted by atomic mass is 16.2. The molecule has 3 fully saturated rings. The molecule has 4 heteroatoms. The summed E-state index contributed by atoms with van der Waals surface area (Å²) in [6.07, 6.45) is 5.22. The van der Waals surface area contributed by atoms with Gasteiger partial charge in [0.05, 0.1) is 0 Å². The molecule has 4 nitrogen and oxygen atoms in total. The van der Waals surface area contributed by atoms with E-state index in [0.717, 1.165) is 32.2 Å². The van der Waals surface area contributed by atoms with Crippen molar-refractivity contribution in [1.82, 2.24) is 9.80 Å². The van der Waals surface area contributed by atoms with Gasteiger partial charge in [0, 0.05) is 12.6 Å². The number of hydrogen-bond donors (Lipinski definition) is 0. The van der Waals surface area contributed by atoms with Crippen LogP contribution in [0.5, 0.6) is 0 Å². The Morgan fingerprint density at radius 3 is 2.47 bits per heavy atom. The molecule has 1 aliphatic carbocycles. The third-order valence-electron chi connectivity index (χ3n) is 5.52. The summed E-state index contributed by atoms with van der Waals surface area (Å²) in [6, 6.07) is 0.133. The molecule has 4 unspecified atom stereocenters. The lowest BCUT2D eigenvalue weighted by molar-refractivity contribution is -0.160. The molecule has 2 heterocycles. The van der Waals surface area contributed by atoms with Crippen LogP contribution < -0.4 is 0 Å². The van der Waals surface area contributed by atoms with Crippen molar-refractivity contribution in [1.29, 1.82) is 0 Å². The molecular weight excluding hydrogens is 240 g/mol. The first kappa shape index (κ1) is 12.9. The number of piperidine rings is 1. The Morgan fingerprint density at radius 2 is 1.79 bits per heavy atom. The summed E-state index contributed by atoms with van der Waals surface area (Å²) in [5, 5.41) is 0. The SMILES string of the molecule is CC1CCC(N2CC(=O)N3CCCCC3C2=O)C1C. The molecule has 0 aromatic heterocycles. The van der Waals surface area contributed by atoms with Gasteiger partial charge in [0.2, 0.25) is 11.8 Å². The molecule has 1 saturated carbocycles. The molecule has 19 heavy (non-hydrogen) atoms. The highest BCUT2D eigenvalue weighted by molar-refractivity contribution is 5.95. The average Bonchev–Trinajstić information content (AvgIpc) is 2.75. The number of piperazine rings is 1. The van der Waals surface area contributed by atoms with Crippen LogP contribution in [0, 0.1) is 11.8 Å². The predicted molar refractivity (Wildman–Crippen MR) is 72.4 cm³/mol. The summed E-state index contributed by atoms with van der Waals surface area (Å²) in [7, 11) is 0. The Kier molecular flexibility index (Phi) is 3.27. The van der Waals surface area contributed by atoms with E-state index in [1.54, 1.807) is 0 Å². The van der Waals surface area contributed by atoms with E-state index < -0.39 is 0 Å². The molecule has 0 radical (unpaired) electrons. The second kappa shape index (κ2) is 4.80. The normalized spacial score (nSPS) is 39.7. The van der Waals surface area contributed by atoms with Crippen LogP contribution in [-0.2, 0) is 9.59 Å². The van der Waals surface area contributed by atoms with E-state index in [-0.39, 0.29) is 23.9 Å². The van der Waals surface area contributed by atoms with E-state index in [4.69, 9.17) is 0 Å². The maximum Gasteiger partial charge on any atom is 0.246 e. The summed E-state index contributed by atoms with van der Waals surface area (Å²) >= 11 is 0. The minimum atomic E-state index is -0.155. The van der Waals surface area contributed by atoms with E-state index in [0.29, 0.717) is 18.4 Å². The van der Waals surface area contributed by atoms with Gasteiger partial charge in [-0.05, 0) is 43.9 Å². The summed E-state index contributed by atoms with van der Waals surface area (Å²) in [5.74, 6) is 1.56. The Bertz CT molecular complexity index is 396. The molecular formula is C15H24N2O2. The number of rotatable bonds is 1. The van der Waals surface area contributed by atoms with Crippen molar-refractivity contribution in [2.45, 2.75) is 58.0 Å². The van der Waals surface area contributed by atoms with E-state index in [1.807, 2.05) is 9.80 Å². The van der Waals surface area contributed by atoms with Crippen LogP contribution in [0.25, 0.3) is 0 Å². The zero-order chi connectivity index (χ0) is 13.6. The molecule has 106 valence electrons. The molecule has 3 rings (SSSR count). The number of carbonyl (C=O) groups is 2. The summed E-state index contributed by atoms with van der Waals surface area (Å²) in [6.45, 7) is 5.58. The van der Waals surface area contributed by atoms with Crippen LogP contribution in [0.3, 0.4) is 0 Å². The number of nitrogens with zero attached hydrogens (tertiary/aromatic N) is 2. The minimum Gasteiger partial charge on any atom is -0.329 e. The molecule has 3 aliphatic rings. The molecule has 0 bridgehead atoms. The van der Waals surface area contributed by atoms with Crippen molar-refractivity contribution >= 4 is 11.8 Å². The Balaban J connectivity index is 1.80. The van der Waals surface area contributed by atoms with Crippen molar-refractivity contribution in [3.8, 4) is 0 Å². The van der Waals surface area contributed by atoms with Crippen molar-refractivity contribution in [2.24, 2.45) is 11.8 Å². The van der Waals surface area contributed by atoms with Gasteiger partial charge in [0.25, 0.3) is 0 Å². The lowest BCUT2D eigenvalue weighted by atomic mass is 9.93. The maximum atomic E-state index is 12.7. The first-order chi connectivity index (χ1) is 9.09. The van der Waals surface area contributed by atoms with E-state index in [9.17, 15) is 9.59 Å². The second-order valence-corrected chi connectivity index (χ2v) is 6.55. The van der Waals surface area contributed by atoms with E-state index in [2.05, 4.69) is 13.8 Å². The van der Waals surface area contributed by atoms with Crippen LogP contribution in [0.2, 0.25) is 0 Å². The van der Waals surface area contributed by atoms with Gasteiger partial charge in [-0.1, -0.05) is 13.8 Å². The van der Waals surface area contributed by atoms with Crippen LogP contribution >= 0.6 is 0 Å². The number of carbonyl (C=O) groups excluding carboxylic acids is 2. The smallest absolute Gasteiger partial charge is 0.246 e. The molecule has 4 atom stereocenters. The lowest BCUT2D eigenvalue weighted by Crippen LogP contribution is -2.63. The van der Waals surface area contributed by atoms with Gasteiger partial charge in [-0.2, -0.15) is 0 Å². The van der Waals surface area contributed by atoms with Gasteiger partial charge in [-0.25, -0.2) is 0 Å². The molecule has 0 aromatic rings. The van der Waals surface area contributed by atoms with Gasteiger partial charge in [0.1, 0.15) is 12.6 Å². The van der Waals surface area contributed by atoms with Gasteiger partial charge < -0.3 is 9.80 Å². The highest BCUT2D eigenvalue weighted by Crippen LogP contribution is 2.36. The lowest BCUT2D eigenvalue weighted by Gasteiger charge is -2.45. The van der Waals surface area contributed by atoms with Gasteiger partial charge in [0.15, 0.2) is 0 Å². The Morgan fingerprint density at radius 1 is 1.00 bits per heavy atom. The van der Waals surface area contributed by atoms with Crippen LogP contribution in [0.15, 0.2) is 0 Å². The van der Waals surface area contributed by atoms with Crippen molar-refractivity contribution in [2.75, 3.05) is 13.1 Å². The van der Waals surface area contributed by atoms with Gasteiger partial charge >= 0.3 is 0 Å². The third kappa shape index (κ3) is 2.05. The zero-order valence-corrected chi connectivity index (χ0v) is 12.0. The Hall–Kier alpha value is -1.06. The van der Waals surface area contributed by atoms with Crippen molar-refractivity contribution in [3.05, 3.63) is 0 Å². The molecule has 0 N–H and O–H groups in total. The quantitative estimate of drug-likeness (QED) is 0.722. The topological polar surface area (TPSA) is 40.6 Å². The van der Waals surface area contributed by atoms with Crippen LogP contribution in [0.1, 0.15) is 46.0 Å². The van der Waals surface area contributed by atoms with E-state index in [1.165, 1.54) is 6.42 Å². The fourth-order valence-electron chi connectivity index (χ4n) is 4.05. The summed E-state index contributed by atoms with van der Waals surface area (Å²) in [5.41, 5.74) is 0. The Labute approximate surface area is 115 Å². The molecule has 0 aromatic carbocycles. The predicted octanol–water partition coefficient (Wildman–Crippen LogP) is 1.64. The summed E-state index contributed by atoms with van der Waals surface area (Å²) < 4.78 is 0. The largest absolute Gasteiger partial charge is 0.329 e. The zero-order valence-electron chi connectivity index (χ0n) is 12.0. The van der Waals surface area contributed by atoms with Crippen LogP contribution in [0.4, 0.5) is 0 Å². The minimum absolute atomic E-state index is 0.155. The molecule has 2 amide bonds. The highest BCUT2D eigenvalue weighted by Gasteiger charge is 2.45. The molecule has 2 saturated heterocycles. The van der Waals surface area contributed by atoms with E-state index >= 15 is 0 Å². The fourth-order valence-corrected chi connectivity index (χ4v) is 4.05. The van der Waals surface area contributed by atoms with Crippen molar-refractivity contribution < 1.29 is 9.59 Å². The van der Waals surface area contributed by atoms with Gasteiger partial charge in [-0.3, -0.25) is 9.59 Å². The number of hydrogen-bond acceptors (Lipinski definition) is 2. The maximum absolute atomic E-state index is 12.7. The second-order valence-electron chi connectivity index (χ2n) is 6.55.